The van der Waals surface area contributed by atoms with Crippen molar-refractivity contribution >= 4 is 17.9 Å². The molecule has 0 radical (unpaired) electrons. The van der Waals surface area contributed by atoms with Gasteiger partial charge < -0.3 is 14.3 Å². The minimum Gasteiger partial charge on any atom is -0.361 e. The summed E-state index contributed by atoms with van der Waals surface area (Å²) in [5, 5.41) is 3.86. The molecule has 26 heavy (non-hydrogen) atoms. The summed E-state index contributed by atoms with van der Waals surface area (Å²) in [4.78, 5) is 28.8. The molecule has 136 valence electrons. The summed E-state index contributed by atoms with van der Waals surface area (Å²) in [5.74, 6) is 0.436. The Balaban J connectivity index is 1.62. The van der Waals surface area contributed by atoms with Crippen LogP contribution in [0.1, 0.15) is 33.8 Å². The zero-order chi connectivity index (χ0) is 18.5. The molecule has 0 atom stereocenters. The molecule has 0 saturated carbocycles. The molecule has 3 rings (SSSR count). The van der Waals surface area contributed by atoms with Gasteiger partial charge in [-0.1, -0.05) is 35.5 Å². The molecule has 1 aromatic heterocycles. The van der Waals surface area contributed by atoms with E-state index < -0.39 is 0 Å². The molecule has 0 N–H and O–H groups in total. The fourth-order valence-electron chi connectivity index (χ4n) is 3.12. The second-order valence-corrected chi connectivity index (χ2v) is 6.41. The molecule has 1 fully saturated rings. The average molecular weight is 353 g/mol. The Morgan fingerprint density at radius 2 is 1.73 bits per heavy atom. The van der Waals surface area contributed by atoms with E-state index in [1.807, 2.05) is 36.4 Å². The van der Waals surface area contributed by atoms with Gasteiger partial charge in [0.1, 0.15) is 11.3 Å². The van der Waals surface area contributed by atoms with E-state index in [0.29, 0.717) is 43.2 Å². The van der Waals surface area contributed by atoms with Gasteiger partial charge in [-0.15, -0.1) is 0 Å². The van der Waals surface area contributed by atoms with Crippen LogP contribution in [0.4, 0.5) is 0 Å². The number of nitrogens with zero attached hydrogens (tertiary/aromatic N) is 3. The van der Waals surface area contributed by atoms with Crippen LogP contribution < -0.4 is 0 Å². The summed E-state index contributed by atoms with van der Waals surface area (Å²) < 4.78 is 5.10. The first-order valence-corrected chi connectivity index (χ1v) is 8.80. The van der Waals surface area contributed by atoms with Crippen molar-refractivity contribution in [2.24, 2.45) is 0 Å². The zero-order valence-electron chi connectivity index (χ0n) is 15.1. The van der Waals surface area contributed by atoms with Crippen molar-refractivity contribution < 1.29 is 14.1 Å². The molecule has 2 amide bonds. The van der Waals surface area contributed by atoms with E-state index in [0.717, 1.165) is 12.0 Å². The van der Waals surface area contributed by atoms with Crippen molar-refractivity contribution in [3.05, 3.63) is 59.0 Å². The molecule has 6 heteroatoms. The van der Waals surface area contributed by atoms with Crippen LogP contribution >= 0.6 is 0 Å². The zero-order valence-corrected chi connectivity index (χ0v) is 15.1. The van der Waals surface area contributed by atoms with E-state index in [2.05, 4.69) is 5.16 Å². The lowest BCUT2D eigenvalue weighted by Crippen LogP contribution is -2.37. The predicted octanol–water partition coefficient (Wildman–Crippen LogP) is 2.68. The molecule has 0 spiro atoms. The lowest BCUT2D eigenvalue weighted by atomic mass is 10.1. The molecule has 6 nitrogen and oxygen atoms in total. The molecule has 0 bridgehead atoms. The molecule has 0 unspecified atom stereocenters. The van der Waals surface area contributed by atoms with Crippen LogP contribution in [-0.4, -0.2) is 52.9 Å². The SMILES string of the molecule is Cc1noc(C)c1C(=O)N1CCCN(C(=O)/C=C/c2ccccc2)CC1. The maximum atomic E-state index is 12.8. The lowest BCUT2D eigenvalue weighted by molar-refractivity contribution is -0.125. The van der Waals surface area contributed by atoms with Crippen LogP contribution in [0.3, 0.4) is 0 Å². The summed E-state index contributed by atoms with van der Waals surface area (Å²) in [6.45, 7) is 5.81. The van der Waals surface area contributed by atoms with Gasteiger partial charge in [-0.2, -0.15) is 0 Å². The van der Waals surface area contributed by atoms with Crippen molar-refractivity contribution in [1.82, 2.24) is 15.0 Å². The number of hydrogen-bond acceptors (Lipinski definition) is 4. The summed E-state index contributed by atoms with van der Waals surface area (Å²) in [5.41, 5.74) is 2.13. The molecular weight excluding hydrogens is 330 g/mol. The fourth-order valence-corrected chi connectivity index (χ4v) is 3.12. The number of hydrogen-bond donors (Lipinski definition) is 0. The first-order valence-electron chi connectivity index (χ1n) is 8.80. The van der Waals surface area contributed by atoms with E-state index in [-0.39, 0.29) is 11.8 Å². The molecule has 1 saturated heterocycles. The van der Waals surface area contributed by atoms with Gasteiger partial charge in [0.2, 0.25) is 5.91 Å². The van der Waals surface area contributed by atoms with E-state index in [9.17, 15) is 9.59 Å². The maximum Gasteiger partial charge on any atom is 0.259 e. The molecule has 1 aliphatic heterocycles. The van der Waals surface area contributed by atoms with Crippen LogP contribution in [0.2, 0.25) is 0 Å². The minimum atomic E-state index is -0.0737. The lowest BCUT2D eigenvalue weighted by Gasteiger charge is -2.21. The van der Waals surface area contributed by atoms with Crippen molar-refractivity contribution in [2.75, 3.05) is 26.2 Å². The average Bonchev–Trinajstić information content (AvgIpc) is 2.86. The van der Waals surface area contributed by atoms with Crippen LogP contribution in [0.5, 0.6) is 0 Å². The largest absolute Gasteiger partial charge is 0.361 e. The second-order valence-electron chi connectivity index (χ2n) is 6.41. The molecule has 1 aromatic carbocycles. The van der Waals surface area contributed by atoms with Crippen molar-refractivity contribution in [1.29, 1.82) is 0 Å². The van der Waals surface area contributed by atoms with Gasteiger partial charge in [0, 0.05) is 32.3 Å². The first kappa shape index (κ1) is 17.9. The molecule has 1 aliphatic rings. The quantitative estimate of drug-likeness (QED) is 0.796. The third kappa shape index (κ3) is 4.02. The highest BCUT2D eigenvalue weighted by molar-refractivity contribution is 5.96. The Bertz CT molecular complexity index is 791. The smallest absolute Gasteiger partial charge is 0.259 e. The van der Waals surface area contributed by atoms with Gasteiger partial charge in [-0.3, -0.25) is 9.59 Å². The summed E-state index contributed by atoms with van der Waals surface area (Å²) >= 11 is 0. The third-order valence-electron chi connectivity index (χ3n) is 4.56. The monoisotopic (exact) mass is 353 g/mol. The number of rotatable bonds is 3. The van der Waals surface area contributed by atoms with Gasteiger partial charge in [-0.25, -0.2) is 0 Å². The normalized spacial score (nSPS) is 15.3. The highest BCUT2D eigenvalue weighted by Crippen LogP contribution is 2.16. The predicted molar refractivity (Wildman–Crippen MR) is 98.6 cm³/mol. The molecule has 0 aliphatic carbocycles. The van der Waals surface area contributed by atoms with Gasteiger partial charge in [-0.05, 0) is 31.9 Å². The summed E-state index contributed by atoms with van der Waals surface area (Å²) in [6, 6.07) is 9.73. The van der Waals surface area contributed by atoms with Gasteiger partial charge >= 0.3 is 0 Å². The summed E-state index contributed by atoms with van der Waals surface area (Å²) in [6.07, 6.45) is 4.17. The first-order chi connectivity index (χ1) is 12.6. The van der Waals surface area contributed by atoms with Crippen molar-refractivity contribution in [3.8, 4) is 0 Å². The minimum absolute atomic E-state index is 0.0273. The maximum absolute atomic E-state index is 12.8. The number of amides is 2. The number of carbonyl (C=O) groups excluding carboxylic acids is 2. The Labute approximate surface area is 153 Å². The Hall–Kier alpha value is -2.89. The highest BCUT2D eigenvalue weighted by Gasteiger charge is 2.26. The van der Waals surface area contributed by atoms with Crippen LogP contribution in [0, 0.1) is 13.8 Å². The Morgan fingerprint density at radius 3 is 2.42 bits per heavy atom. The number of aromatic nitrogens is 1. The highest BCUT2D eigenvalue weighted by atomic mass is 16.5. The van der Waals surface area contributed by atoms with Gasteiger partial charge in [0.15, 0.2) is 0 Å². The molecular formula is C20H23N3O3. The van der Waals surface area contributed by atoms with E-state index in [4.69, 9.17) is 4.52 Å². The standard InChI is InChI=1S/C20H23N3O3/c1-15-19(16(2)26-21-15)20(25)23-12-6-11-22(13-14-23)18(24)10-9-17-7-4-3-5-8-17/h3-5,7-10H,6,11-14H2,1-2H3/b10-9+. The second kappa shape index (κ2) is 7.99. The van der Waals surface area contributed by atoms with Gasteiger partial charge in [0.05, 0.1) is 5.69 Å². The Morgan fingerprint density at radius 1 is 1.04 bits per heavy atom. The fraction of sp³-hybridized carbons (Fsp3) is 0.350. The topological polar surface area (TPSA) is 66.7 Å². The number of aryl methyl sites for hydroxylation is 2. The number of carbonyl (C=O) groups is 2. The van der Waals surface area contributed by atoms with E-state index in [1.54, 1.807) is 29.7 Å². The number of benzene rings is 1. The van der Waals surface area contributed by atoms with Crippen LogP contribution in [-0.2, 0) is 4.79 Å². The van der Waals surface area contributed by atoms with E-state index in [1.165, 1.54) is 0 Å². The Kier molecular flexibility index (Phi) is 5.51. The van der Waals surface area contributed by atoms with Crippen molar-refractivity contribution in [2.45, 2.75) is 20.3 Å². The summed E-state index contributed by atoms with van der Waals surface area (Å²) in [7, 11) is 0. The van der Waals surface area contributed by atoms with Crippen LogP contribution in [0.25, 0.3) is 6.08 Å². The van der Waals surface area contributed by atoms with E-state index >= 15 is 0 Å². The molecule has 2 aromatic rings. The van der Waals surface area contributed by atoms with Gasteiger partial charge in [0.25, 0.3) is 5.91 Å². The third-order valence-corrected chi connectivity index (χ3v) is 4.56. The van der Waals surface area contributed by atoms with Crippen LogP contribution in [0.15, 0.2) is 40.9 Å². The molecule has 2 heterocycles. The van der Waals surface area contributed by atoms with Crippen molar-refractivity contribution in [3.63, 3.8) is 0 Å².